The van der Waals surface area contributed by atoms with Crippen LogP contribution >= 0.6 is 0 Å². The van der Waals surface area contributed by atoms with E-state index in [-0.39, 0.29) is 30.5 Å². The predicted octanol–water partition coefficient (Wildman–Crippen LogP) is 4.91. The zero-order valence-corrected chi connectivity index (χ0v) is 24.5. The Kier molecular flexibility index (Phi) is 14.3. The van der Waals surface area contributed by atoms with Crippen LogP contribution < -0.4 is 21.1 Å². The molecule has 0 saturated carbocycles. The maximum atomic E-state index is 13.6. The van der Waals surface area contributed by atoms with Crippen LogP contribution in [0.4, 0.5) is 14.5 Å². The van der Waals surface area contributed by atoms with Crippen molar-refractivity contribution in [1.29, 1.82) is 0 Å². The molecule has 10 heteroatoms. The smallest absolute Gasteiger partial charge is 0.231 e. The van der Waals surface area contributed by atoms with Crippen LogP contribution in [0.5, 0.6) is 11.5 Å². The number of piperazine rings is 1. The van der Waals surface area contributed by atoms with E-state index in [1.165, 1.54) is 29.3 Å². The molecule has 0 aromatic heterocycles. The van der Waals surface area contributed by atoms with E-state index in [0.29, 0.717) is 37.7 Å². The maximum absolute atomic E-state index is 13.6. The van der Waals surface area contributed by atoms with E-state index in [1.807, 2.05) is 58.3 Å². The normalized spacial score (nSPS) is 12.6. The van der Waals surface area contributed by atoms with E-state index in [2.05, 4.69) is 17.9 Å². The molecule has 1 aliphatic heterocycles. The number of carbonyl (C=O) groups excluding carboxylic acids is 2. The molecule has 232 valence electrons. The molecule has 0 atom stereocenters. The van der Waals surface area contributed by atoms with Gasteiger partial charge in [0.25, 0.3) is 0 Å². The van der Waals surface area contributed by atoms with Gasteiger partial charge >= 0.3 is 0 Å². The lowest BCUT2D eigenvalue weighted by Gasteiger charge is -2.35. The van der Waals surface area contributed by atoms with Gasteiger partial charge in [0.2, 0.25) is 12.3 Å². The van der Waals surface area contributed by atoms with E-state index in [0.717, 1.165) is 25.3 Å². The highest BCUT2D eigenvalue weighted by atomic mass is 19.1. The summed E-state index contributed by atoms with van der Waals surface area (Å²) >= 11 is 0. The number of ether oxygens (including phenoxy) is 2. The molecule has 0 spiro atoms. The zero-order valence-electron chi connectivity index (χ0n) is 24.5. The summed E-state index contributed by atoms with van der Waals surface area (Å²) in [5.74, 6) is 0.569. The van der Waals surface area contributed by atoms with Crippen molar-refractivity contribution in [1.82, 2.24) is 4.90 Å². The third kappa shape index (κ3) is 12.2. The fourth-order valence-electron chi connectivity index (χ4n) is 4.39. The van der Waals surface area contributed by atoms with Crippen molar-refractivity contribution in [2.24, 2.45) is 11.5 Å². The number of primary amides is 2. The molecule has 1 aliphatic rings. The van der Waals surface area contributed by atoms with Gasteiger partial charge in [0.05, 0.1) is 25.4 Å². The van der Waals surface area contributed by atoms with Gasteiger partial charge in [0, 0.05) is 26.2 Å². The average Bonchev–Trinajstić information content (AvgIpc) is 3.03. The summed E-state index contributed by atoms with van der Waals surface area (Å²) in [5.41, 5.74) is 12.3. The van der Waals surface area contributed by atoms with Crippen molar-refractivity contribution in [3.63, 3.8) is 0 Å². The summed E-state index contributed by atoms with van der Waals surface area (Å²) in [4.78, 5) is 23.3. The molecular formula is C34H38F2N4O4. The van der Waals surface area contributed by atoms with Gasteiger partial charge in [-0.3, -0.25) is 14.5 Å². The first-order valence-corrected chi connectivity index (χ1v) is 14.2. The first-order valence-electron chi connectivity index (χ1n) is 14.2. The third-order valence-corrected chi connectivity index (χ3v) is 6.56. The summed E-state index contributed by atoms with van der Waals surface area (Å²) in [5, 5.41) is 0. The zero-order chi connectivity index (χ0) is 31.6. The van der Waals surface area contributed by atoms with Crippen molar-refractivity contribution in [2.75, 3.05) is 44.2 Å². The number of amides is 2. The monoisotopic (exact) mass is 604 g/mol. The summed E-state index contributed by atoms with van der Waals surface area (Å²) in [7, 11) is 0. The van der Waals surface area contributed by atoms with Crippen LogP contribution in [0.25, 0.3) is 0 Å². The summed E-state index contributed by atoms with van der Waals surface area (Å²) in [6.07, 6.45) is 1.10. The molecule has 0 bridgehead atoms. The Morgan fingerprint density at radius 2 is 1.34 bits per heavy atom. The van der Waals surface area contributed by atoms with Crippen molar-refractivity contribution < 1.29 is 27.8 Å². The molecule has 1 saturated heterocycles. The first-order chi connectivity index (χ1) is 21.4. The van der Waals surface area contributed by atoms with Crippen LogP contribution in [0.1, 0.15) is 11.1 Å². The Morgan fingerprint density at radius 1 is 0.773 bits per heavy atom. The minimum atomic E-state index is -0.315. The molecule has 4 aromatic carbocycles. The Bertz CT molecular complexity index is 1400. The van der Waals surface area contributed by atoms with Crippen molar-refractivity contribution in [3.05, 3.63) is 126 Å². The van der Waals surface area contributed by atoms with E-state index in [4.69, 9.17) is 20.0 Å². The van der Waals surface area contributed by atoms with Gasteiger partial charge in [-0.1, -0.05) is 54.6 Å². The third-order valence-electron chi connectivity index (χ3n) is 6.56. The van der Waals surface area contributed by atoms with E-state index in [9.17, 15) is 13.6 Å². The van der Waals surface area contributed by atoms with Crippen LogP contribution in [-0.4, -0.2) is 56.5 Å². The first kappa shape index (κ1) is 33.7. The predicted molar refractivity (Wildman–Crippen MR) is 167 cm³/mol. The van der Waals surface area contributed by atoms with Gasteiger partial charge in [-0.15, -0.1) is 0 Å². The number of carbonyl (C=O) groups is 2. The number of para-hydroxylation sites is 1. The van der Waals surface area contributed by atoms with Crippen LogP contribution in [0.3, 0.4) is 0 Å². The van der Waals surface area contributed by atoms with E-state index < -0.39 is 0 Å². The molecule has 0 unspecified atom stereocenters. The lowest BCUT2D eigenvalue weighted by molar-refractivity contribution is -0.119. The molecule has 0 radical (unpaired) electrons. The molecule has 8 nitrogen and oxygen atoms in total. The second-order valence-electron chi connectivity index (χ2n) is 9.81. The fraction of sp³-hybridized carbons (Fsp3) is 0.235. The average molecular weight is 605 g/mol. The van der Waals surface area contributed by atoms with E-state index in [1.54, 1.807) is 24.3 Å². The quantitative estimate of drug-likeness (QED) is 0.197. The van der Waals surface area contributed by atoms with Crippen LogP contribution in [0, 0.1) is 11.6 Å². The molecule has 44 heavy (non-hydrogen) atoms. The molecule has 2 amide bonds. The number of nitrogens with zero attached hydrogens (tertiary/aromatic N) is 2. The van der Waals surface area contributed by atoms with Gasteiger partial charge in [-0.25, -0.2) is 8.78 Å². The second kappa shape index (κ2) is 18.7. The Hall–Kier alpha value is -4.80. The largest absolute Gasteiger partial charge is 0.457 e. The number of nitrogens with two attached hydrogens (primary N) is 2. The lowest BCUT2D eigenvalue weighted by Crippen LogP contribution is -2.49. The highest BCUT2D eigenvalue weighted by Gasteiger charge is 2.19. The SMILES string of the molecule is Fc1ccc(Oc2ccc(CCOCc3ccccc3)cc2)cc1.NC(=O)CN1CCN(c2ccccc2F)CC1.NC=O. The number of hydrogen-bond donors (Lipinski definition) is 2. The van der Waals surface area contributed by atoms with Gasteiger partial charge in [0.15, 0.2) is 0 Å². The minimum absolute atomic E-state index is 0.198. The van der Waals surface area contributed by atoms with Crippen LogP contribution in [0.15, 0.2) is 103 Å². The molecule has 1 fully saturated rings. The highest BCUT2D eigenvalue weighted by Crippen LogP contribution is 2.22. The van der Waals surface area contributed by atoms with E-state index >= 15 is 0 Å². The number of rotatable bonds is 10. The topological polar surface area (TPSA) is 111 Å². The van der Waals surface area contributed by atoms with Gasteiger partial charge in [-0.2, -0.15) is 0 Å². The standard InChI is InChI=1S/C21H19FO2.C12H16FN3O.CH3NO/c22-19-8-12-21(13-9-19)24-20-10-6-17(7-11-20)14-15-23-16-18-4-2-1-3-5-18;13-10-3-1-2-4-11(10)16-7-5-15(6-8-16)9-12(14)17;2-1-3/h1-13H,14-16H2;1-4H,5-9H2,(H2,14,17);1H,(H2,2,3). The molecule has 0 aliphatic carbocycles. The Balaban J connectivity index is 0.000000232. The number of anilines is 1. The molecule has 5 rings (SSSR count). The summed E-state index contributed by atoms with van der Waals surface area (Å²) < 4.78 is 37.8. The van der Waals surface area contributed by atoms with Crippen molar-refractivity contribution in [2.45, 2.75) is 13.0 Å². The Morgan fingerprint density at radius 3 is 1.93 bits per heavy atom. The molecule has 4 N–H and O–H groups in total. The van der Waals surface area contributed by atoms with Gasteiger partial charge in [0.1, 0.15) is 23.1 Å². The number of hydrogen-bond acceptors (Lipinski definition) is 6. The molecular weight excluding hydrogens is 566 g/mol. The summed E-state index contributed by atoms with van der Waals surface area (Å²) in [6, 6.07) is 30.7. The molecule has 1 heterocycles. The van der Waals surface area contributed by atoms with Crippen LogP contribution in [0.2, 0.25) is 0 Å². The Labute approximate surface area is 256 Å². The number of halogens is 2. The highest BCUT2D eigenvalue weighted by molar-refractivity contribution is 5.76. The van der Waals surface area contributed by atoms with Gasteiger partial charge < -0.3 is 25.8 Å². The maximum Gasteiger partial charge on any atom is 0.231 e. The second-order valence-corrected chi connectivity index (χ2v) is 9.81. The fourth-order valence-corrected chi connectivity index (χ4v) is 4.39. The number of benzene rings is 4. The van der Waals surface area contributed by atoms with Crippen molar-refractivity contribution >= 4 is 18.0 Å². The minimum Gasteiger partial charge on any atom is -0.457 e. The molecule has 4 aromatic rings. The summed E-state index contributed by atoms with van der Waals surface area (Å²) in [6.45, 7) is 4.49. The van der Waals surface area contributed by atoms with Crippen LogP contribution in [-0.2, 0) is 27.4 Å². The van der Waals surface area contributed by atoms with Crippen molar-refractivity contribution in [3.8, 4) is 11.5 Å². The van der Waals surface area contributed by atoms with Gasteiger partial charge in [-0.05, 0) is 66.1 Å². The lowest BCUT2D eigenvalue weighted by atomic mass is 10.1.